The van der Waals surface area contributed by atoms with Crippen molar-refractivity contribution in [2.45, 2.75) is 0 Å². The molecule has 0 aliphatic heterocycles. The average Bonchev–Trinajstić information content (AvgIpc) is 2.18. The SMILES string of the molecule is CN(CCCl)C(=O)c1ccc(Cl)cn1. The fourth-order valence-electron chi connectivity index (χ4n) is 0.926. The minimum absolute atomic E-state index is 0.151. The van der Waals surface area contributed by atoms with E-state index in [0.717, 1.165) is 0 Å². The number of amides is 1. The summed E-state index contributed by atoms with van der Waals surface area (Å²) in [6.07, 6.45) is 1.45. The maximum atomic E-state index is 11.6. The van der Waals surface area contributed by atoms with Crippen molar-refractivity contribution >= 4 is 29.1 Å². The standard InChI is InChI=1S/C9H10Cl2N2O/c1-13(5-4-10)9(14)8-3-2-7(11)6-12-8/h2-3,6H,4-5H2,1H3. The predicted molar refractivity (Wildman–Crippen MR) is 56.9 cm³/mol. The molecule has 1 aromatic heterocycles. The summed E-state index contributed by atoms with van der Waals surface area (Å²) in [4.78, 5) is 17.0. The van der Waals surface area contributed by atoms with Crippen molar-refractivity contribution in [2.24, 2.45) is 0 Å². The van der Waals surface area contributed by atoms with Crippen molar-refractivity contribution in [1.82, 2.24) is 9.88 Å². The van der Waals surface area contributed by atoms with E-state index >= 15 is 0 Å². The van der Waals surface area contributed by atoms with Gasteiger partial charge in [0.25, 0.3) is 5.91 Å². The molecule has 0 bridgehead atoms. The first-order valence-electron chi connectivity index (χ1n) is 4.08. The Kier molecular flexibility index (Phi) is 4.17. The van der Waals surface area contributed by atoms with Crippen molar-refractivity contribution in [3.8, 4) is 0 Å². The number of halogens is 2. The minimum Gasteiger partial charge on any atom is -0.339 e. The first-order valence-corrected chi connectivity index (χ1v) is 4.99. The molecule has 1 amide bonds. The number of nitrogens with zero attached hydrogens (tertiary/aromatic N) is 2. The third-order valence-electron chi connectivity index (χ3n) is 1.71. The maximum absolute atomic E-state index is 11.6. The first kappa shape index (κ1) is 11.3. The summed E-state index contributed by atoms with van der Waals surface area (Å²) in [5, 5.41) is 0.515. The molecule has 0 radical (unpaired) electrons. The summed E-state index contributed by atoms with van der Waals surface area (Å²) >= 11 is 11.2. The Morgan fingerprint density at radius 2 is 2.29 bits per heavy atom. The molecule has 0 spiro atoms. The number of hydrogen-bond acceptors (Lipinski definition) is 2. The van der Waals surface area contributed by atoms with Crippen LogP contribution in [0.25, 0.3) is 0 Å². The lowest BCUT2D eigenvalue weighted by atomic mass is 10.3. The average molecular weight is 233 g/mol. The lowest BCUT2D eigenvalue weighted by Crippen LogP contribution is -2.29. The predicted octanol–water partition coefficient (Wildman–Crippen LogP) is 2.05. The molecule has 0 saturated heterocycles. The van der Waals surface area contributed by atoms with Crippen molar-refractivity contribution in [1.29, 1.82) is 0 Å². The highest BCUT2D eigenvalue weighted by atomic mass is 35.5. The molecular weight excluding hydrogens is 223 g/mol. The Hall–Kier alpha value is -0.800. The second-order valence-electron chi connectivity index (χ2n) is 2.78. The topological polar surface area (TPSA) is 33.2 Å². The molecule has 5 heteroatoms. The molecule has 76 valence electrons. The van der Waals surface area contributed by atoms with E-state index in [9.17, 15) is 4.79 Å². The van der Waals surface area contributed by atoms with E-state index in [1.165, 1.54) is 11.1 Å². The summed E-state index contributed by atoms with van der Waals surface area (Å²) in [6, 6.07) is 3.23. The largest absolute Gasteiger partial charge is 0.339 e. The Morgan fingerprint density at radius 1 is 1.57 bits per heavy atom. The van der Waals surface area contributed by atoms with Gasteiger partial charge in [0.05, 0.1) is 5.02 Å². The van der Waals surface area contributed by atoms with Gasteiger partial charge in [-0.05, 0) is 12.1 Å². The van der Waals surface area contributed by atoms with Gasteiger partial charge in [0, 0.05) is 25.7 Å². The Balaban J connectivity index is 2.74. The number of aromatic nitrogens is 1. The summed E-state index contributed by atoms with van der Waals surface area (Å²) in [5.41, 5.74) is 0.377. The zero-order chi connectivity index (χ0) is 10.6. The number of pyridine rings is 1. The van der Waals surface area contributed by atoms with E-state index in [-0.39, 0.29) is 5.91 Å². The molecule has 0 atom stereocenters. The van der Waals surface area contributed by atoms with Gasteiger partial charge in [-0.15, -0.1) is 11.6 Å². The Morgan fingerprint density at radius 3 is 2.79 bits per heavy atom. The van der Waals surface area contributed by atoms with E-state index in [2.05, 4.69) is 4.98 Å². The monoisotopic (exact) mass is 232 g/mol. The highest BCUT2D eigenvalue weighted by molar-refractivity contribution is 6.30. The highest BCUT2D eigenvalue weighted by Crippen LogP contribution is 2.07. The molecule has 3 nitrogen and oxygen atoms in total. The molecule has 0 aliphatic carbocycles. The van der Waals surface area contributed by atoms with Crippen LogP contribution in [0.1, 0.15) is 10.5 Å². The molecule has 0 saturated carbocycles. The van der Waals surface area contributed by atoms with Crippen LogP contribution in [0.5, 0.6) is 0 Å². The van der Waals surface area contributed by atoms with Crippen LogP contribution in [0.15, 0.2) is 18.3 Å². The molecule has 0 fully saturated rings. The molecule has 0 N–H and O–H groups in total. The van der Waals surface area contributed by atoms with Crippen molar-refractivity contribution < 1.29 is 4.79 Å². The normalized spacial score (nSPS) is 9.93. The van der Waals surface area contributed by atoms with Gasteiger partial charge >= 0.3 is 0 Å². The van der Waals surface area contributed by atoms with Crippen LogP contribution in [-0.2, 0) is 0 Å². The van der Waals surface area contributed by atoms with E-state index in [0.29, 0.717) is 23.1 Å². The summed E-state index contributed by atoms with van der Waals surface area (Å²) < 4.78 is 0. The molecule has 0 aromatic carbocycles. The number of alkyl halides is 1. The third kappa shape index (κ3) is 2.86. The molecule has 0 aliphatic rings. The zero-order valence-corrected chi connectivity index (χ0v) is 9.22. The van der Waals surface area contributed by atoms with Gasteiger partial charge in [0.15, 0.2) is 0 Å². The van der Waals surface area contributed by atoms with E-state index in [1.807, 2.05) is 0 Å². The smallest absolute Gasteiger partial charge is 0.272 e. The van der Waals surface area contributed by atoms with Crippen molar-refractivity contribution in [3.63, 3.8) is 0 Å². The number of carbonyl (C=O) groups excluding carboxylic acids is 1. The fourth-order valence-corrected chi connectivity index (χ4v) is 1.29. The van der Waals surface area contributed by atoms with Crippen LogP contribution in [0.4, 0.5) is 0 Å². The van der Waals surface area contributed by atoms with Gasteiger partial charge < -0.3 is 4.90 Å². The second-order valence-corrected chi connectivity index (χ2v) is 3.59. The molecule has 1 aromatic rings. The van der Waals surface area contributed by atoms with E-state index in [1.54, 1.807) is 19.2 Å². The van der Waals surface area contributed by atoms with E-state index < -0.39 is 0 Å². The fraction of sp³-hybridized carbons (Fsp3) is 0.333. The van der Waals surface area contributed by atoms with Gasteiger partial charge in [-0.3, -0.25) is 4.79 Å². The van der Waals surface area contributed by atoms with Crippen LogP contribution >= 0.6 is 23.2 Å². The number of carbonyl (C=O) groups is 1. The Bertz CT molecular complexity index is 313. The van der Waals surface area contributed by atoms with Gasteiger partial charge in [0.2, 0.25) is 0 Å². The van der Waals surface area contributed by atoms with Crippen molar-refractivity contribution in [2.75, 3.05) is 19.5 Å². The molecule has 1 heterocycles. The molecular formula is C9H10Cl2N2O. The third-order valence-corrected chi connectivity index (χ3v) is 2.11. The maximum Gasteiger partial charge on any atom is 0.272 e. The molecule has 1 rings (SSSR count). The van der Waals surface area contributed by atoms with Gasteiger partial charge in [-0.25, -0.2) is 4.98 Å². The van der Waals surface area contributed by atoms with E-state index in [4.69, 9.17) is 23.2 Å². The second kappa shape index (κ2) is 5.17. The molecule has 14 heavy (non-hydrogen) atoms. The van der Waals surface area contributed by atoms with Gasteiger partial charge in [-0.2, -0.15) is 0 Å². The summed E-state index contributed by atoms with van der Waals surface area (Å²) in [6.45, 7) is 0.505. The first-order chi connectivity index (χ1) is 6.65. The minimum atomic E-state index is -0.151. The number of hydrogen-bond donors (Lipinski definition) is 0. The van der Waals surface area contributed by atoms with Crippen LogP contribution < -0.4 is 0 Å². The Labute approximate surface area is 92.6 Å². The van der Waals surface area contributed by atoms with Crippen molar-refractivity contribution in [3.05, 3.63) is 29.0 Å². The van der Waals surface area contributed by atoms with Crippen LogP contribution in [0.3, 0.4) is 0 Å². The quantitative estimate of drug-likeness (QED) is 0.748. The lowest BCUT2D eigenvalue weighted by molar-refractivity contribution is 0.0797. The number of rotatable bonds is 3. The lowest BCUT2D eigenvalue weighted by Gasteiger charge is -2.14. The van der Waals surface area contributed by atoms with Gasteiger partial charge in [0.1, 0.15) is 5.69 Å². The summed E-state index contributed by atoms with van der Waals surface area (Å²) in [7, 11) is 1.68. The van der Waals surface area contributed by atoms with Crippen LogP contribution in [0.2, 0.25) is 5.02 Å². The van der Waals surface area contributed by atoms with Gasteiger partial charge in [-0.1, -0.05) is 11.6 Å². The van der Waals surface area contributed by atoms with Crippen LogP contribution in [0, 0.1) is 0 Å². The zero-order valence-electron chi connectivity index (χ0n) is 7.70. The highest BCUT2D eigenvalue weighted by Gasteiger charge is 2.11. The molecule has 0 unspecified atom stereocenters. The van der Waals surface area contributed by atoms with Crippen LogP contribution in [-0.4, -0.2) is 35.3 Å². The summed E-state index contributed by atoms with van der Waals surface area (Å²) in [5.74, 6) is 0.262.